The van der Waals surface area contributed by atoms with E-state index in [9.17, 15) is 17.6 Å². The maximum atomic E-state index is 14.2. The van der Waals surface area contributed by atoms with E-state index in [1.807, 2.05) is 0 Å². The van der Waals surface area contributed by atoms with Crippen LogP contribution in [0.3, 0.4) is 0 Å². The molecular formula is C22H22F4N6O. The Kier molecular flexibility index (Phi) is 5.04. The van der Waals surface area contributed by atoms with Crippen LogP contribution in [-0.2, 0) is 6.18 Å². The number of benzene rings is 1. The lowest BCUT2D eigenvalue weighted by Crippen LogP contribution is -2.71. The van der Waals surface area contributed by atoms with Crippen molar-refractivity contribution in [2.24, 2.45) is 5.41 Å². The van der Waals surface area contributed by atoms with Crippen molar-refractivity contribution in [3.8, 4) is 22.8 Å². The predicted octanol–water partition coefficient (Wildman–Crippen LogP) is 4.28. The monoisotopic (exact) mass is 462 g/mol. The third-order valence-corrected chi connectivity index (χ3v) is 5.96. The van der Waals surface area contributed by atoms with Crippen molar-refractivity contribution in [1.82, 2.24) is 25.1 Å². The number of rotatable bonds is 5. The number of ether oxygens (including phenoxy) is 1. The predicted molar refractivity (Wildman–Crippen MR) is 113 cm³/mol. The number of nitrogens with one attached hydrogen (secondary N) is 1. The molecular weight excluding hydrogens is 440 g/mol. The van der Waals surface area contributed by atoms with Crippen LogP contribution in [0.5, 0.6) is 11.5 Å². The van der Waals surface area contributed by atoms with Crippen molar-refractivity contribution < 1.29 is 22.3 Å². The molecule has 0 amide bonds. The number of nitrogens with zero attached hydrogens (tertiary/aromatic N) is 5. The number of hydrogen-bond donors (Lipinski definition) is 1. The van der Waals surface area contributed by atoms with Gasteiger partial charge in [-0.1, -0.05) is 0 Å². The van der Waals surface area contributed by atoms with E-state index in [2.05, 4.69) is 25.3 Å². The minimum absolute atomic E-state index is 0.105. The van der Waals surface area contributed by atoms with Gasteiger partial charge < -0.3 is 15.0 Å². The van der Waals surface area contributed by atoms with Gasteiger partial charge in [0.05, 0.1) is 11.9 Å². The first kappa shape index (κ1) is 21.6. The number of halogens is 4. The molecule has 33 heavy (non-hydrogen) atoms. The largest absolute Gasteiger partial charge is 0.451 e. The van der Waals surface area contributed by atoms with Crippen LogP contribution >= 0.6 is 0 Å². The summed E-state index contributed by atoms with van der Waals surface area (Å²) in [7, 11) is 0. The van der Waals surface area contributed by atoms with Crippen molar-refractivity contribution in [2.45, 2.75) is 26.1 Å². The Hall–Kier alpha value is -3.21. The minimum Gasteiger partial charge on any atom is -0.451 e. The van der Waals surface area contributed by atoms with Crippen LogP contribution in [0, 0.1) is 11.2 Å². The van der Waals surface area contributed by atoms with E-state index in [4.69, 9.17) is 4.74 Å². The molecule has 0 unspecified atom stereocenters. The van der Waals surface area contributed by atoms with Gasteiger partial charge in [-0.2, -0.15) is 18.3 Å². The van der Waals surface area contributed by atoms with Gasteiger partial charge >= 0.3 is 6.18 Å². The summed E-state index contributed by atoms with van der Waals surface area (Å²) >= 11 is 0. The Morgan fingerprint density at radius 3 is 2.52 bits per heavy atom. The van der Waals surface area contributed by atoms with Crippen LogP contribution in [0.25, 0.3) is 11.3 Å². The van der Waals surface area contributed by atoms with E-state index < -0.39 is 23.7 Å². The lowest BCUT2D eigenvalue weighted by molar-refractivity contribution is -0.141. The molecule has 7 nitrogen and oxygen atoms in total. The van der Waals surface area contributed by atoms with Gasteiger partial charge in [-0.25, -0.2) is 14.4 Å². The second kappa shape index (κ2) is 7.68. The summed E-state index contributed by atoms with van der Waals surface area (Å²) in [6.07, 6.45) is -1.71. The number of aromatic nitrogens is 4. The molecule has 1 aromatic carbocycles. The van der Waals surface area contributed by atoms with Crippen LogP contribution in [0.2, 0.25) is 0 Å². The first-order chi connectivity index (χ1) is 15.7. The molecule has 2 aliphatic rings. The normalized spacial score (nSPS) is 17.2. The second-order valence-corrected chi connectivity index (χ2v) is 8.86. The number of alkyl halides is 3. The fourth-order valence-corrected chi connectivity index (χ4v) is 4.27. The van der Waals surface area contributed by atoms with E-state index in [0.29, 0.717) is 11.6 Å². The summed E-state index contributed by atoms with van der Waals surface area (Å²) in [6.45, 7) is 6.95. The smallest absolute Gasteiger partial charge is 0.435 e. The van der Waals surface area contributed by atoms with Crippen LogP contribution < -0.4 is 15.0 Å². The highest BCUT2D eigenvalue weighted by Crippen LogP contribution is 2.43. The van der Waals surface area contributed by atoms with Crippen molar-refractivity contribution in [2.75, 3.05) is 31.1 Å². The molecule has 4 heterocycles. The third-order valence-electron chi connectivity index (χ3n) is 5.96. The summed E-state index contributed by atoms with van der Waals surface area (Å²) < 4.78 is 61.6. The molecule has 0 bridgehead atoms. The molecule has 0 atom stereocenters. The highest BCUT2D eigenvalue weighted by Gasteiger charge is 2.48. The Balaban J connectivity index is 1.52. The van der Waals surface area contributed by atoms with Gasteiger partial charge in [0.15, 0.2) is 17.3 Å². The molecule has 0 radical (unpaired) electrons. The molecule has 2 aliphatic heterocycles. The fraction of sp³-hybridized carbons (Fsp3) is 0.409. The molecule has 5 rings (SSSR count). The minimum atomic E-state index is -4.63. The maximum Gasteiger partial charge on any atom is 0.435 e. The molecule has 0 saturated carbocycles. The molecule has 0 aliphatic carbocycles. The van der Waals surface area contributed by atoms with Crippen molar-refractivity contribution in [1.29, 1.82) is 0 Å². The Bertz CT molecular complexity index is 1180. The van der Waals surface area contributed by atoms with Gasteiger partial charge in [0.25, 0.3) is 0 Å². The van der Waals surface area contributed by atoms with Crippen LogP contribution in [0.1, 0.15) is 25.6 Å². The Morgan fingerprint density at radius 1 is 1.12 bits per heavy atom. The van der Waals surface area contributed by atoms with Crippen LogP contribution in [-0.4, -0.2) is 45.9 Å². The average Bonchev–Trinajstić information content (AvgIpc) is 3.14. The summed E-state index contributed by atoms with van der Waals surface area (Å²) in [5.74, 6) is 0.517. The van der Waals surface area contributed by atoms with Gasteiger partial charge in [0, 0.05) is 43.2 Å². The molecule has 1 N–H and O–H groups in total. The zero-order valence-electron chi connectivity index (χ0n) is 18.0. The molecule has 2 fully saturated rings. The Labute approximate surface area is 187 Å². The number of hydrogen-bond acceptors (Lipinski definition) is 6. The lowest BCUT2D eigenvalue weighted by atomic mass is 9.74. The fourth-order valence-electron chi connectivity index (χ4n) is 4.27. The van der Waals surface area contributed by atoms with Gasteiger partial charge in [0.2, 0.25) is 0 Å². The van der Waals surface area contributed by atoms with Crippen molar-refractivity contribution in [3.63, 3.8) is 0 Å². The Morgan fingerprint density at radius 2 is 1.88 bits per heavy atom. The second-order valence-electron chi connectivity index (χ2n) is 8.86. The molecule has 2 saturated heterocycles. The molecule has 3 aromatic rings. The van der Waals surface area contributed by atoms with Gasteiger partial charge in [-0.15, -0.1) is 0 Å². The molecule has 11 heteroatoms. The van der Waals surface area contributed by atoms with E-state index in [1.165, 1.54) is 29.3 Å². The standard InChI is InChI=1S/C22H22F4N6O/c1-13(2)32-16(6-19(30-32)22(24,25)26)15-5-14(23)3-4-17(15)33-18-7-27-12-29-20(18)31-10-21(11-31)8-28-9-21/h3-7,12-13,28H,8-11H2,1-2H3. The molecule has 1 spiro atoms. The SMILES string of the molecule is CC(C)n1nc(C(F)(F)F)cc1-c1cc(F)ccc1Oc1cncnc1N1CC2(CNC2)C1. The van der Waals surface area contributed by atoms with E-state index >= 15 is 0 Å². The van der Waals surface area contributed by atoms with Crippen molar-refractivity contribution >= 4 is 5.82 Å². The summed E-state index contributed by atoms with van der Waals surface area (Å²) in [5, 5.41) is 6.98. The molecule has 2 aromatic heterocycles. The maximum absolute atomic E-state index is 14.2. The van der Waals surface area contributed by atoms with Crippen LogP contribution in [0.15, 0.2) is 36.8 Å². The quantitative estimate of drug-likeness (QED) is 0.571. The first-order valence-corrected chi connectivity index (χ1v) is 10.6. The third kappa shape index (κ3) is 3.90. The zero-order chi connectivity index (χ0) is 23.4. The van der Waals surface area contributed by atoms with E-state index in [0.717, 1.165) is 38.3 Å². The highest BCUT2D eigenvalue weighted by molar-refractivity contribution is 5.70. The average molecular weight is 462 g/mol. The topological polar surface area (TPSA) is 68.1 Å². The van der Waals surface area contributed by atoms with Gasteiger partial charge in [-0.05, 0) is 38.1 Å². The van der Waals surface area contributed by atoms with E-state index in [-0.39, 0.29) is 22.4 Å². The lowest BCUT2D eigenvalue weighted by Gasteiger charge is -2.56. The van der Waals surface area contributed by atoms with Crippen molar-refractivity contribution in [3.05, 3.63) is 48.3 Å². The summed E-state index contributed by atoms with van der Waals surface area (Å²) in [6, 6.07) is 4.25. The number of anilines is 1. The molecule has 174 valence electrons. The van der Waals surface area contributed by atoms with Crippen LogP contribution in [0.4, 0.5) is 23.4 Å². The highest BCUT2D eigenvalue weighted by atomic mass is 19.4. The van der Waals surface area contributed by atoms with Gasteiger partial charge in [0.1, 0.15) is 17.9 Å². The summed E-state index contributed by atoms with van der Waals surface area (Å²) in [4.78, 5) is 10.5. The summed E-state index contributed by atoms with van der Waals surface area (Å²) in [5.41, 5.74) is -0.537. The van der Waals surface area contributed by atoms with Gasteiger partial charge in [-0.3, -0.25) is 4.68 Å². The zero-order valence-corrected chi connectivity index (χ0v) is 18.0. The first-order valence-electron chi connectivity index (χ1n) is 10.6. The van der Waals surface area contributed by atoms with E-state index in [1.54, 1.807) is 13.8 Å².